The molecule has 1 heterocycles. The lowest BCUT2D eigenvalue weighted by atomic mass is 10.0. The predicted octanol–water partition coefficient (Wildman–Crippen LogP) is 4.23. The number of aryl methyl sites for hydroxylation is 1. The number of aromatic nitrogens is 2. The third kappa shape index (κ3) is 8.14. The minimum Gasteiger partial charge on any atom is -0.478 e. The van der Waals surface area contributed by atoms with Gasteiger partial charge in [-0.25, -0.2) is 15.3 Å². The Kier molecular flexibility index (Phi) is 9.83. The molecule has 4 N–H and O–H groups in total. The topological polar surface area (TPSA) is 134 Å². The van der Waals surface area contributed by atoms with E-state index >= 15 is 0 Å². The highest BCUT2D eigenvalue weighted by molar-refractivity contribution is 5.93. The van der Waals surface area contributed by atoms with Gasteiger partial charge in [-0.3, -0.25) is 14.8 Å². The maximum atomic E-state index is 13.4. The van der Waals surface area contributed by atoms with Crippen molar-refractivity contribution in [2.45, 2.75) is 57.8 Å². The van der Waals surface area contributed by atoms with Gasteiger partial charge >= 0.3 is 12.1 Å². The molecule has 0 spiro atoms. The summed E-state index contributed by atoms with van der Waals surface area (Å²) in [5.41, 5.74) is 1.89. The highest BCUT2D eigenvalue weighted by atomic mass is 19.4. The summed E-state index contributed by atoms with van der Waals surface area (Å²) in [6.45, 7) is 2.23. The molecule has 0 saturated heterocycles. The number of hydrogen-bond acceptors (Lipinski definition) is 5. The number of carbonyl (C=O) groups excluding carboxylic acids is 2. The number of carboxylic acids is 1. The zero-order valence-corrected chi connectivity index (χ0v) is 21.2. The fourth-order valence-corrected chi connectivity index (χ4v) is 4.10. The van der Waals surface area contributed by atoms with Crippen molar-refractivity contribution in [3.05, 3.63) is 88.5 Å². The van der Waals surface area contributed by atoms with E-state index in [1.165, 1.54) is 35.9 Å². The number of unbranched alkanes of at least 4 members (excludes halogenated alkanes) is 1. The molecule has 1 aromatic heterocycles. The van der Waals surface area contributed by atoms with E-state index in [1.54, 1.807) is 16.7 Å². The zero-order valence-electron chi connectivity index (χ0n) is 21.2. The SMILES string of the molecule is CCCCc1ncc(C(=O)N[C@@H](CC(=O)NO)Cc2cccc(C(F)(F)F)c2)n1Cc1ccc(C(=O)O)cc1. The average molecular weight is 547 g/mol. The third-order valence-electron chi connectivity index (χ3n) is 6.09. The van der Waals surface area contributed by atoms with Crippen LogP contribution in [-0.2, 0) is 30.4 Å². The zero-order chi connectivity index (χ0) is 28.6. The van der Waals surface area contributed by atoms with E-state index < -0.39 is 35.6 Å². The fraction of sp³-hybridized carbons (Fsp3) is 0.333. The summed E-state index contributed by atoms with van der Waals surface area (Å²) < 4.78 is 41.2. The maximum Gasteiger partial charge on any atom is 0.416 e. The molecule has 1 atom stereocenters. The van der Waals surface area contributed by atoms with Gasteiger partial charge in [0, 0.05) is 25.4 Å². The molecule has 0 aliphatic carbocycles. The van der Waals surface area contributed by atoms with Crippen LogP contribution in [-0.4, -0.2) is 43.7 Å². The van der Waals surface area contributed by atoms with E-state index in [0.29, 0.717) is 12.2 Å². The standard InChI is InChI=1S/C27H29F3N4O5/c1-2-3-7-23-31-15-22(34(23)16-17-8-10-19(11-9-17)26(37)38)25(36)32-21(14-24(35)33-39)13-18-5-4-6-20(12-18)27(28,29)30/h4-6,8-12,15,21,39H,2-3,7,13-14,16H2,1H3,(H,32,36)(H,33,35)(H,37,38)/t21-/m1/s1. The van der Waals surface area contributed by atoms with Crippen LogP contribution in [0.25, 0.3) is 0 Å². The molecule has 0 aliphatic heterocycles. The second kappa shape index (κ2) is 13.1. The number of amides is 2. The monoisotopic (exact) mass is 546 g/mol. The van der Waals surface area contributed by atoms with Gasteiger partial charge in [-0.1, -0.05) is 43.7 Å². The highest BCUT2D eigenvalue weighted by Crippen LogP contribution is 2.30. The Labute approximate surface area is 222 Å². The lowest BCUT2D eigenvalue weighted by molar-refractivity contribution is -0.137. The van der Waals surface area contributed by atoms with Crippen LogP contribution in [0.5, 0.6) is 0 Å². The Hall–Kier alpha value is -4.19. The second-order valence-corrected chi connectivity index (χ2v) is 9.06. The summed E-state index contributed by atoms with van der Waals surface area (Å²) in [7, 11) is 0. The smallest absolute Gasteiger partial charge is 0.416 e. The number of hydrogen-bond donors (Lipinski definition) is 4. The van der Waals surface area contributed by atoms with Crippen molar-refractivity contribution in [2.24, 2.45) is 0 Å². The first kappa shape index (κ1) is 29.4. The van der Waals surface area contributed by atoms with E-state index in [-0.39, 0.29) is 36.2 Å². The van der Waals surface area contributed by atoms with Gasteiger partial charge in [-0.2, -0.15) is 13.2 Å². The molecule has 9 nitrogen and oxygen atoms in total. The molecular formula is C27H29F3N4O5. The Morgan fingerprint density at radius 2 is 1.79 bits per heavy atom. The van der Waals surface area contributed by atoms with Crippen LogP contribution in [0.4, 0.5) is 13.2 Å². The normalized spacial score (nSPS) is 12.1. The molecule has 0 unspecified atom stereocenters. The molecule has 0 aliphatic rings. The third-order valence-corrected chi connectivity index (χ3v) is 6.09. The summed E-state index contributed by atoms with van der Waals surface area (Å²) in [5.74, 6) is -1.85. The van der Waals surface area contributed by atoms with Crippen LogP contribution < -0.4 is 10.8 Å². The van der Waals surface area contributed by atoms with Gasteiger partial charge < -0.3 is 15.0 Å². The summed E-state index contributed by atoms with van der Waals surface area (Å²) >= 11 is 0. The molecule has 39 heavy (non-hydrogen) atoms. The molecular weight excluding hydrogens is 517 g/mol. The van der Waals surface area contributed by atoms with Crippen LogP contribution in [0, 0.1) is 0 Å². The number of imidazole rings is 1. The van der Waals surface area contributed by atoms with Gasteiger partial charge in [-0.05, 0) is 42.2 Å². The molecule has 208 valence electrons. The van der Waals surface area contributed by atoms with Crippen LogP contribution >= 0.6 is 0 Å². The number of hydroxylamine groups is 1. The van der Waals surface area contributed by atoms with Crippen molar-refractivity contribution >= 4 is 17.8 Å². The molecule has 3 rings (SSSR count). The van der Waals surface area contributed by atoms with Crippen molar-refractivity contribution in [1.82, 2.24) is 20.3 Å². The van der Waals surface area contributed by atoms with Crippen LogP contribution in [0.15, 0.2) is 54.7 Å². The molecule has 2 aromatic carbocycles. The van der Waals surface area contributed by atoms with Gasteiger partial charge in [0.25, 0.3) is 5.91 Å². The van der Waals surface area contributed by atoms with Gasteiger partial charge in [0.05, 0.1) is 17.3 Å². The maximum absolute atomic E-state index is 13.4. The second-order valence-electron chi connectivity index (χ2n) is 9.06. The minimum absolute atomic E-state index is 0.101. The Morgan fingerprint density at radius 3 is 2.41 bits per heavy atom. The first-order valence-corrected chi connectivity index (χ1v) is 12.3. The number of halogens is 3. The number of carboxylic acid groups (broad SMARTS) is 1. The van der Waals surface area contributed by atoms with E-state index in [0.717, 1.165) is 30.5 Å². The van der Waals surface area contributed by atoms with Crippen molar-refractivity contribution in [3.63, 3.8) is 0 Å². The van der Waals surface area contributed by atoms with E-state index in [4.69, 9.17) is 10.3 Å². The van der Waals surface area contributed by atoms with Gasteiger partial charge in [0.2, 0.25) is 5.91 Å². The summed E-state index contributed by atoms with van der Waals surface area (Å²) in [4.78, 5) is 40.8. The number of nitrogens with zero attached hydrogens (tertiary/aromatic N) is 2. The molecule has 3 aromatic rings. The largest absolute Gasteiger partial charge is 0.478 e. The van der Waals surface area contributed by atoms with E-state index in [9.17, 15) is 27.6 Å². The number of alkyl halides is 3. The van der Waals surface area contributed by atoms with Gasteiger partial charge in [0.15, 0.2) is 0 Å². The molecule has 0 radical (unpaired) electrons. The van der Waals surface area contributed by atoms with Gasteiger partial charge in [-0.15, -0.1) is 0 Å². The van der Waals surface area contributed by atoms with Crippen LogP contribution in [0.2, 0.25) is 0 Å². The summed E-state index contributed by atoms with van der Waals surface area (Å²) in [5, 5.41) is 20.8. The fourth-order valence-electron chi connectivity index (χ4n) is 4.10. The lowest BCUT2D eigenvalue weighted by Gasteiger charge is -2.20. The van der Waals surface area contributed by atoms with Crippen LogP contribution in [0.3, 0.4) is 0 Å². The van der Waals surface area contributed by atoms with Crippen LogP contribution in [0.1, 0.15) is 69.5 Å². The Balaban J connectivity index is 1.88. The quantitative estimate of drug-likeness (QED) is 0.199. The number of rotatable bonds is 12. The predicted molar refractivity (Wildman–Crippen MR) is 134 cm³/mol. The summed E-state index contributed by atoms with van der Waals surface area (Å²) in [6, 6.07) is 9.82. The Bertz CT molecular complexity index is 1310. The number of aromatic carboxylic acids is 1. The van der Waals surface area contributed by atoms with Crippen molar-refractivity contribution in [1.29, 1.82) is 0 Å². The number of nitrogens with one attached hydrogen (secondary N) is 2. The van der Waals surface area contributed by atoms with Crippen molar-refractivity contribution in [3.8, 4) is 0 Å². The summed E-state index contributed by atoms with van der Waals surface area (Å²) in [6.07, 6.45) is -1.37. The van der Waals surface area contributed by atoms with Crippen molar-refractivity contribution in [2.75, 3.05) is 0 Å². The number of benzene rings is 2. The van der Waals surface area contributed by atoms with Gasteiger partial charge in [0.1, 0.15) is 11.5 Å². The Morgan fingerprint density at radius 1 is 1.08 bits per heavy atom. The molecule has 12 heteroatoms. The molecule has 0 saturated carbocycles. The van der Waals surface area contributed by atoms with E-state index in [2.05, 4.69) is 10.3 Å². The lowest BCUT2D eigenvalue weighted by Crippen LogP contribution is -2.41. The number of carbonyl (C=O) groups is 3. The molecule has 2 amide bonds. The van der Waals surface area contributed by atoms with E-state index in [1.807, 2.05) is 6.92 Å². The highest BCUT2D eigenvalue weighted by Gasteiger charge is 2.31. The first-order valence-electron chi connectivity index (χ1n) is 12.3. The molecule has 0 fully saturated rings. The molecule has 0 bridgehead atoms. The first-order chi connectivity index (χ1) is 18.5. The average Bonchev–Trinajstić information content (AvgIpc) is 3.29. The minimum atomic E-state index is -4.55. The van der Waals surface area contributed by atoms with Crippen molar-refractivity contribution < 1.29 is 37.9 Å².